The molecule has 30 heavy (non-hydrogen) atoms. The number of hydrogen-bond donors (Lipinski definition) is 1. The van der Waals surface area contributed by atoms with Crippen LogP contribution in [-0.2, 0) is 25.5 Å². The predicted molar refractivity (Wildman–Crippen MR) is 109 cm³/mol. The first-order valence-corrected chi connectivity index (χ1v) is 9.56. The van der Waals surface area contributed by atoms with Crippen molar-refractivity contribution in [3.05, 3.63) is 29.6 Å². The van der Waals surface area contributed by atoms with E-state index in [9.17, 15) is 18.8 Å². The highest BCUT2D eigenvalue weighted by Gasteiger charge is 2.31. The molecular weight excluding hydrogens is 395 g/mol. The number of ether oxygens (including phenoxy) is 3. The maximum absolute atomic E-state index is 14.0. The number of esters is 1. The quantitative estimate of drug-likeness (QED) is 0.643. The summed E-state index contributed by atoms with van der Waals surface area (Å²) in [5.74, 6) is -1.56. The van der Waals surface area contributed by atoms with Crippen LogP contribution in [-0.4, -0.2) is 61.8 Å². The van der Waals surface area contributed by atoms with Crippen LogP contribution in [0.1, 0.15) is 39.7 Å². The Morgan fingerprint density at radius 3 is 2.33 bits per heavy atom. The predicted octanol–water partition coefficient (Wildman–Crippen LogP) is 2.68. The largest absolute Gasteiger partial charge is 0.494 e. The van der Waals surface area contributed by atoms with Crippen molar-refractivity contribution in [2.24, 2.45) is 0 Å². The summed E-state index contributed by atoms with van der Waals surface area (Å²) < 4.78 is 28.8. The fraction of sp³-hybridized carbons (Fsp3) is 0.571. The van der Waals surface area contributed by atoms with E-state index in [1.807, 2.05) is 0 Å². The third-order valence-electron chi connectivity index (χ3n) is 4.29. The van der Waals surface area contributed by atoms with Gasteiger partial charge in [0.2, 0.25) is 5.91 Å². The Balaban J connectivity index is 3.01. The molecule has 1 aromatic rings. The van der Waals surface area contributed by atoms with Crippen molar-refractivity contribution in [3.8, 4) is 5.75 Å². The average molecular weight is 426 g/mol. The molecule has 9 heteroatoms. The second-order valence-electron chi connectivity index (χ2n) is 7.87. The molecule has 1 N–H and O–H groups in total. The summed E-state index contributed by atoms with van der Waals surface area (Å²) >= 11 is 0. The lowest BCUT2D eigenvalue weighted by Crippen LogP contribution is -2.52. The van der Waals surface area contributed by atoms with Gasteiger partial charge in [0.25, 0.3) is 0 Å². The maximum Gasteiger partial charge on any atom is 0.410 e. The van der Waals surface area contributed by atoms with Crippen LogP contribution < -0.4 is 10.1 Å². The van der Waals surface area contributed by atoms with Gasteiger partial charge in [-0.25, -0.2) is 14.0 Å². The van der Waals surface area contributed by atoms with Gasteiger partial charge in [-0.15, -0.1) is 0 Å². The van der Waals surface area contributed by atoms with Gasteiger partial charge in [0, 0.05) is 7.05 Å². The third kappa shape index (κ3) is 7.53. The van der Waals surface area contributed by atoms with E-state index in [1.165, 1.54) is 45.2 Å². The second-order valence-corrected chi connectivity index (χ2v) is 7.87. The Morgan fingerprint density at radius 1 is 1.20 bits per heavy atom. The van der Waals surface area contributed by atoms with Crippen LogP contribution in [0.5, 0.6) is 5.75 Å². The molecule has 0 aliphatic heterocycles. The minimum absolute atomic E-state index is 0.116. The highest BCUT2D eigenvalue weighted by molar-refractivity contribution is 5.89. The van der Waals surface area contributed by atoms with E-state index in [2.05, 4.69) is 10.1 Å². The summed E-state index contributed by atoms with van der Waals surface area (Å²) in [5.41, 5.74) is -0.116. The van der Waals surface area contributed by atoms with E-state index in [0.29, 0.717) is 12.0 Å². The fourth-order valence-electron chi connectivity index (χ4n) is 2.68. The lowest BCUT2D eigenvalue weighted by molar-refractivity contribution is -0.145. The second kappa shape index (κ2) is 10.8. The van der Waals surface area contributed by atoms with Crippen molar-refractivity contribution < 1.29 is 33.0 Å². The van der Waals surface area contributed by atoms with Crippen LogP contribution in [0, 0.1) is 5.82 Å². The maximum atomic E-state index is 14.0. The van der Waals surface area contributed by atoms with Gasteiger partial charge in [0.05, 0.1) is 14.2 Å². The van der Waals surface area contributed by atoms with Crippen LogP contribution in [0.4, 0.5) is 9.18 Å². The molecule has 0 fully saturated rings. The van der Waals surface area contributed by atoms with Crippen molar-refractivity contribution in [1.82, 2.24) is 10.2 Å². The molecule has 0 aliphatic carbocycles. The van der Waals surface area contributed by atoms with Gasteiger partial charge in [-0.1, -0.05) is 6.07 Å². The Morgan fingerprint density at radius 2 is 1.83 bits per heavy atom. The van der Waals surface area contributed by atoms with E-state index in [0.717, 1.165) is 0 Å². The van der Waals surface area contributed by atoms with Crippen LogP contribution in [0.3, 0.4) is 0 Å². The van der Waals surface area contributed by atoms with E-state index in [4.69, 9.17) is 9.47 Å². The van der Waals surface area contributed by atoms with Crippen molar-refractivity contribution in [2.45, 2.75) is 58.2 Å². The number of nitrogens with zero attached hydrogens (tertiary/aromatic N) is 1. The minimum atomic E-state index is -0.947. The molecule has 1 rings (SSSR count). The molecule has 1 aromatic carbocycles. The van der Waals surface area contributed by atoms with Gasteiger partial charge in [-0.05, 0) is 58.2 Å². The zero-order valence-corrected chi connectivity index (χ0v) is 18.6. The number of aryl methyl sites for hydroxylation is 1. The number of carbonyl (C=O) groups is 3. The standard InChI is InChI=1S/C21H31FN2O6/c1-13(19(26)29-7)23-18(25)16(24(5)20(27)30-21(2,3)4)10-8-14-9-11-17(28-6)15(22)12-14/h9,11-13,16H,8,10H2,1-7H3,(H,23,25)/t13-,16-/m0/s1. The van der Waals surface area contributed by atoms with Crippen molar-refractivity contribution >= 4 is 18.0 Å². The third-order valence-corrected chi connectivity index (χ3v) is 4.29. The zero-order chi connectivity index (χ0) is 23.1. The van der Waals surface area contributed by atoms with Gasteiger partial charge in [0.1, 0.15) is 17.7 Å². The molecule has 0 saturated carbocycles. The summed E-state index contributed by atoms with van der Waals surface area (Å²) in [7, 11) is 4.03. The fourth-order valence-corrected chi connectivity index (χ4v) is 2.68. The molecule has 8 nitrogen and oxygen atoms in total. The molecule has 0 radical (unpaired) electrons. The first-order chi connectivity index (χ1) is 13.9. The Bertz CT molecular complexity index is 762. The van der Waals surface area contributed by atoms with Crippen LogP contribution in [0.15, 0.2) is 18.2 Å². The van der Waals surface area contributed by atoms with E-state index in [-0.39, 0.29) is 12.2 Å². The van der Waals surface area contributed by atoms with Gasteiger partial charge in [-0.3, -0.25) is 9.69 Å². The van der Waals surface area contributed by atoms with Crippen LogP contribution >= 0.6 is 0 Å². The van der Waals surface area contributed by atoms with Crippen LogP contribution in [0.2, 0.25) is 0 Å². The minimum Gasteiger partial charge on any atom is -0.494 e. The number of hydrogen-bond acceptors (Lipinski definition) is 6. The summed E-state index contributed by atoms with van der Waals surface area (Å²) in [6.07, 6.45) is -0.200. The number of likely N-dealkylation sites (N-methyl/N-ethyl adjacent to an activating group) is 1. The van der Waals surface area contributed by atoms with Gasteiger partial charge in [-0.2, -0.15) is 0 Å². The number of amides is 2. The SMILES string of the molecule is COC(=O)[C@H](C)NC(=O)[C@H](CCc1ccc(OC)c(F)c1)N(C)C(=O)OC(C)(C)C. The smallest absolute Gasteiger partial charge is 0.410 e. The Labute approximate surface area is 176 Å². The highest BCUT2D eigenvalue weighted by Crippen LogP contribution is 2.20. The molecule has 0 heterocycles. The molecular formula is C21H31FN2O6. The van der Waals surface area contributed by atoms with E-state index < -0.39 is 41.5 Å². The molecule has 0 aliphatic rings. The van der Waals surface area contributed by atoms with E-state index >= 15 is 0 Å². The highest BCUT2D eigenvalue weighted by atomic mass is 19.1. The van der Waals surface area contributed by atoms with Gasteiger partial charge in [0.15, 0.2) is 11.6 Å². The van der Waals surface area contributed by atoms with Gasteiger partial charge >= 0.3 is 12.1 Å². The first kappa shape index (κ1) is 25.2. The number of methoxy groups -OCH3 is 2. The number of rotatable bonds is 8. The summed E-state index contributed by atoms with van der Waals surface area (Å²) in [6, 6.07) is 2.66. The Kier molecular flexibility index (Phi) is 9.07. The van der Waals surface area contributed by atoms with Crippen molar-refractivity contribution in [3.63, 3.8) is 0 Å². The molecule has 0 unspecified atom stereocenters. The monoisotopic (exact) mass is 426 g/mol. The topological polar surface area (TPSA) is 94.2 Å². The van der Waals surface area contributed by atoms with Gasteiger partial charge < -0.3 is 19.5 Å². The number of carbonyl (C=O) groups excluding carboxylic acids is 3. The Hall–Kier alpha value is -2.84. The average Bonchev–Trinajstić information content (AvgIpc) is 2.65. The summed E-state index contributed by atoms with van der Waals surface area (Å²) in [5, 5.41) is 2.54. The zero-order valence-electron chi connectivity index (χ0n) is 18.6. The molecule has 2 atom stereocenters. The number of nitrogens with one attached hydrogen (secondary N) is 1. The van der Waals surface area contributed by atoms with Crippen molar-refractivity contribution in [1.29, 1.82) is 0 Å². The molecule has 0 saturated heterocycles. The number of halogens is 1. The summed E-state index contributed by atoms with van der Waals surface area (Å²) in [4.78, 5) is 38.1. The van der Waals surface area contributed by atoms with Crippen LogP contribution in [0.25, 0.3) is 0 Å². The molecule has 0 bridgehead atoms. The first-order valence-electron chi connectivity index (χ1n) is 9.56. The lowest BCUT2D eigenvalue weighted by atomic mass is 10.0. The lowest BCUT2D eigenvalue weighted by Gasteiger charge is -2.30. The molecule has 2 amide bonds. The van der Waals surface area contributed by atoms with Crippen molar-refractivity contribution in [2.75, 3.05) is 21.3 Å². The van der Waals surface area contributed by atoms with E-state index in [1.54, 1.807) is 26.8 Å². The molecule has 0 aromatic heterocycles. The summed E-state index contributed by atoms with van der Waals surface area (Å²) in [6.45, 7) is 6.63. The normalized spacial score (nSPS) is 13.1. The molecule has 0 spiro atoms. The number of benzene rings is 1. The molecule has 168 valence electrons.